The SMILES string of the molecule is CC(C)c1nc(-c2ccccc2)sc1C(C)N. The Morgan fingerprint density at radius 3 is 2.24 bits per heavy atom. The average molecular weight is 246 g/mol. The lowest BCUT2D eigenvalue weighted by Gasteiger charge is -2.07. The molecule has 0 bridgehead atoms. The molecule has 1 aromatic carbocycles. The maximum absolute atomic E-state index is 6.01. The number of hydrogen-bond acceptors (Lipinski definition) is 3. The van der Waals surface area contributed by atoms with Gasteiger partial charge in [-0.3, -0.25) is 0 Å². The van der Waals surface area contributed by atoms with Crippen LogP contribution in [0.25, 0.3) is 10.6 Å². The summed E-state index contributed by atoms with van der Waals surface area (Å²) in [4.78, 5) is 5.95. The lowest BCUT2D eigenvalue weighted by atomic mass is 10.1. The fraction of sp³-hybridized carbons (Fsp3) is 0.357. The summed E-state index contributed by atoms with van der Waals surface area (Å²) >= 11 is 1.71. The average Bonchev–Trinajstić information content (AvgIpc) is 2.75. The first-order valence-electron chi connectivity index (χ1n) is 5.91. The Balaban J connectivity index is 2.48. The van der Waals surface area contributed by atoms with Crippen molar-refractivity contribution in [2.24, 2.45) is 5.73 Å². The molecule has 2 N–H and O–H groups in total. The number of benzene rings is 1. The normalized spacial score (nSPS) is 13.0. The monoisotopic (exact) mass is 246 g/mol. The number of nitrogens with two attached hydrogens (primary N) is 1. The minimum Gasteiger partial charge on any atom is -0.323 e. The molecular weight excluding hydrogens is 228 g/mol. The van der Waals surface area contributed by atoms with Gasteiger partial charge in [-0.15, -0.1) is 11.3 Å². The molecule has 0 radical (unpaired) electrons. The summed E-state index contributed by atoms with van der Waals surface area (Å²) < 4.78 is 0. The summed E-state index contributed by atoms with van der Waals surface area (Å²) in [5, 5.41) is 1.07. The highest BCUT2D eigenvalue weighted by Crippen LogP contribution is 2.34. The predicted molar refractivity (Wildman–Crippen MR) is 74.2 cm³/mol. The van der Waals surface area contributed by atoms with E-state index in [1.807, 2.05) is 25.1 Å². The number of nitrogens with zero attached hydrogens (tertiary/aromatic N) is 1. The van der Waals surface area contributed by atoms with Gasteiger partial charge in [0.1, 0.15) is 5.01 Å². The van der Waals surface area contributed by atoms with Crippen LogP contribution in [0, 0.1) is 0 Å². The van der Waals surface area contributed by atoms with Crippen molar-refractivity contribution in [2.45, 2.75) is 32.7 Å². The Morgan fingerprint density at radius 1 is 1.12 bits per heavy atom. The zero-order chi connectivity index (χ0) is 12.4. The highest BCUT2D eigenvalue weighted by molar-refractivity contribution is 7.15. The molecular formula is C14H18N2S. The van der Waals surface area contributed by atoms with Crippen LogP contribution in [0.1, 0.15) is 43.3 Å². The van der Waals surface area contributed by atoms with Crippen LogP contribution in [0.2, 0.25) is 0 Å². The Kier molecular flexibility index (Phi) is 3.60. The molecule has 0 saturated heterocycles. The Morgan fingerprint density at radius 2 is 1.76 bits per heavy atom. The van der Waals surface area contributed by atoms with Crippen molar-refractivity contribution in [1.82, 2.24) is 4.98 Å². The Bertz CT molecular complexity index is 461. The van der Waals surface area contributed by atoms with E-state index in [4.69, 9.17) is 10.7 Å². The molecule has 2 rings (SSSR count). The van der Waals surface area contributed by atoms with Gasteiger partial charge in [0, 0.05) is 16.5 Å². The van der Waals surface area contributed by atoms with Gasteiger partial charge in [0.25, 0.3) is 0 Å². The van der Waals surface area contributed by atoms with E-state index in [9.17, 15) is 0 Å². The Hall–Kier alpha value is -1.19. The van der Waals surface area contributed by atoms with Crippen molar-refractivity contribution in [2.75, 3.05) is 0 Å². The van der Waals surface area contributed by atoms with Gasteiger partial charge in [-0.05, 0) is 12.8 Å². The second kappa shape index (κ2) is 4.98. The summed E-state index contributed by atoms with van der Waals surface area (Å²) in [5.74, 6) is 0.421. The quantitative estimate of drug-likeness (QED) is 0.890. The number of rotatable bonds is 3. The minimum absolute atomic E-state index is 0.0577. The van der Waals surface area contributed by atoms with E-state index >= 15 is 0 Å². The van der Waals surface area contributed by atoms with Crippen LogP contribution in [-0.2, 0) is 0 Å². The highest BCUT2D eigenvalue weighted by atomic mass is 32.1. The van der Waals surface area contributed by atoms with E-state index in [1.165, 1.54) is 10.4 Å². The second-order valence-corrected chi connectivity index (χ2v) is 5.61. The molecule has 0 aliphatic rings. The van der Waals surface area contributed by atoms with Crippen molar-refractivity contribution >= 4 is 11.3 Å². The van der Waals surface area contributed by atoms with Gasteiger partial charge >= 0.3 is 0 Å². The van der Waals surface area contributed by atoms with Gasteiger partial charge in [-0.1, -0.05) is 44.2 Å². The lowest BCUT2D eigenvalue weighted by molar-refractivity contribution is 0.763. The van der Waals surface area contributed by atoms with Gasteiger partial charge in [0.2, 0.25) is 0 Å². The van der Waals surface area contributed by atoms with E-state index in [1.54, 1.807) is 11.3 Å². The Labute approximate surface area is 107 Å². The molecule has 1 atom stereocenters. The predicted octanol–water partition coefficient (Wildman–Crippen LogP) is 3.95. The molecule has 0 spiro atoms. The molecule has 3 heteroatoms. The summed E-state index contributed by atoms with van der Waals surface area (Å²) in [6.07, 6.45) is 0. The van der Waals surface area contributed by atoms with Crippen LogP contribution in [0.3, 0.4) is 0 Å². The number of hydrogen-bond donors (Lipinski definition) is 1. The maximum Gasteiger partial charge on any atom is 0.123 e. The van der Waals surface area contributed by atoms with Crippen molar-refractivity contribution in [3.05, 3.63) is 40.9 Å². The molecule has 2 nitrogen and oxygen atoms in total. The van der Waals surface area contributed by atoms with E-state index in [2.05, 4.69) is 26.0 Å². The van der Waals surface area contributed by atoms with E-state index in [0.29, 0.717) is 5.92 Å². The zero-order valence-corrected chi connectivity index (χ0v) is 11.3. The molecule has 0 saturated carbocycles. The molecule has 0 aliphatic carbocycles. The zero-order valence-electron chi connectivity index (χ0n) is 10.5. The van der Waals surface area contributed by atoms with Crippen LogP contribution >= 0.6 is 11.3 Å². The van der Waals surface area contributed by atoms with Gasteiger partial charge in [0.05, 0.1) is 5.69 Å². The molecule has 1 heterocycles. The van der Waals surface area contributed by atoms with E-state index in [-0.39, 0.29) is 6.04 Å². The van der Waals surface area contributed by atoms with Crippen molar-refractivity contribution in [3.63, 3.8) is 0 Å². The standard InChI is InChI=1S/C14H18N2S/c1-9(2)12-13(10(3)15)17-14(16-12)11-7-5-4-6-8-11/h4-10H,15H2,1-3H3. The van der Waals surface area contributed by atoms with Crippen LogP contribution in [0.4, 0.5) is 0 Å². The third-order valence-electron chi connectivity index (χ3n) is 2.66. The molecule has 2 aromatic rings. The fourth-order valence-corrected chi connectivity index (χ4v) is 2.97. The molecule has 0 fully saturated rings. The molecule has 0 amide bonds. The van der Waals surface area contributed by atoms with Gasteiger partial charge in [-0.25, -0.2) is 4.98 Å². The smallest absolute Gasteiger partial charge is 0.123 e. The number of aromatic nitrogens is 1. The van der Waals surface area contributed by atoms with Gasteiger partial charge in [-0.2, -0.15) is 0 Å². The van der Waals surface area contributed by atoms with Crippen molar-refractivity contribution < 1.29 is 0 Å². The highest BCUT2D eigenvalue weighted by Gasteiger charge is 2.17. The third-order valence-corrected chi connectivity index (χ3v) is 3.98. The van der Waals surface area contributed by atoms with Crippen LogP contribution in [0.15, 0.2) is 30.3 Å². The van der Waals surface area contributed by atoms with E-state index < -0.39 is 0 Å². The van der Waals surface area contributed by atoms with Crippen LogP contribution in [0.5, 0.6) is 0 Å². The van der Waals surface area contributed by atoms with Crippen LogP contribution < -0.4 is 5.73 Å². The second-order valence-electron chi connectivity index (χ2n) is 4.58. The molecule has 0 aliphatic heterocycles. The molecule has 1 unspecified atom stereocenters. The van der Waals surface area contributed by atoms with Gasteiger partial charge < -0.3 is 5.73 Å². The molecule has 17 heavy (non-hydrogen) atoms. The van der Waals surface area contributed by atoms with Crippen LogP contribution in [-0.4, -0.2) is 4.98 Å². The molecule has 1 aromatic heterocycles. The number of thiazole rings is 1. The van der Waals surface area contributed by atoms with E-state index in [0.717, 1.165) is 10.7 Å². The molecule has 90 valence electrons. The summed E-state index contributed by atoms with van der Waals surface area (Å²) in [7, 11) is 0. The summed E-state index contributed by atoms with van der Waals surface area (Å²) in [6.45, 7) is 6.35. The largest absolute Gasteiger partial charge is 0.323 e. The van der Waals surface area contributed by atoms with Crippen molar-refractivity contribution in [3.8, 4) is 10.6 Å². The van der Waals surface area contributed by atoms with Crippen molar-refractivity contribution in [1.29, 1.82) is 0 Å². The summed E-state index contributed by atoms with van der Waals surface area (Å²) in [5.41, 5.74) is 8.33. The first-order valence-corrected chi connectivity index (χ1v) is 6.73. The maximum atomic E-state index is 6.01. The lowest BCUT2D eigenvalue weighted by Crippen LogP contribution is -2.06. The first kappa shape index (κ1) is 12.3. The van der Waals surface area contributed by atoms with Gasteiger partial charge in [0.15, 0.2) is 0 Å². The first-order chi connectivity index (χ1) is 8.09. The summed E-state index contributed by atoms with van der Waals surface area (Å²) in [6, 6.07) is 10.3. The topological polar surface area (TPSA) is 38.9 Å². The third kappa shape index (κ3) is 2.56. The minimum atomic E-state index is 0.0577. The fourth-order valence-electron chi connectivity index (χ4n) is 1.79.